The Morgan fingerprint density at radius 3 is 2.56 bits per heavy atom. The molecule has 0 unspecified atom stereocenters. The first-order valence-electron chi connectivity index (χ1n) is 5.52. The van der Waals surface area contributed by atoms with Gasteiger partial charge in [-0.05, 0) is 25.1 Å². The topological polar surface area (TPSA) is 35.2 Å². The monoisotopic (exact) mass is 281 g/mol. The summed E-state index contributed by atoms with van der Waals surface area (Å²) in [4.78, 5) is 0. The molecule has 2 aromatic carbocycles. The molecule has 0 saturated carbocycles. The van der Waals surface area contributed by atoms with Crippen molar-refractivity contribution < 1.29 is 4.74 Å². The second-order valence-corrected chi connectivity index (χ2v) is 4.84. The van der Waals surface area contributed by atoms with Crippen LogP contribution >= 0.6 is 23.2 Å². The number of rotatable bonds is 3. The molecule has 2 rings (SSSR count). The number of hydrogen-bond donors (Lipinski definition) is 1. The van der Waals surface area contributed by atoms with Crippen molar-refractivity contribution in [1.29, 1.82) is 0 Å². The van der Waals surface area contributed by atoms with Crippen LogP contribution in [-0.2, 0) is 6.54 Å². The van der Waals surface area contributed by atoms with E-state index in [0.29, 0.717) is 28.1 Å². The van der Waals surface area contributed by atoms with Crippen molar-refractivity contribution in [2.24, 2.45) is 5.73 Å². The fourth-order valence-corrected chi connectivity index (χ4v) is 1.96. The number of hydrogen-bond acceptors (Lipinski definition) is 2. The lowest BCUT2D eigenvalue weighted by Crippen LogP contribution is -2.00. The molecule has 2 nitrogen and oxygen atoms in total. The molecule has 0 spiro atoms. The van der Waals surface area contributed by atoms with E-state index in [2.05, 4.69) is 0 Å². The van der Waals surface area contributed by atoms with E-state index >= 15 is 0 Å². The van der Waals surface area contributed by atoms with Crippen LogP contribution in [0.1, 0.15) is 11.1 Å². The number of aryl methyl sites for hydroxylation is 1. The fraction of sp³-hybridized carbons (Fsp3) is 0.143. The highest BCUT2D eigenvalue weighted by molar-refractivity contribution is 6.34. The van der Waals surface area contributed by atoms with E-state index in [0.717, 1.165) is 11.1 Å². The fourth-order valence-electron chi connectivity index (χ4n) is 1.64. The Bertz CT molecular complexity index is 570. The number of halogens is 2. The molecule has 0 heterocycles. The van der Waals surface area contributed by atoms with Crippen LogP contribution in [0.3, 0.4) is 0 Å². The van der Waals surface area contributed by atoms with Gasteiger partial charge in [-0.1, -0.05) is 40.9 Å². The Kier molecular flexibility index (Phi) is 4.12. The third kappa shape index (κ3) is 2.96. The summed E-state index contributed by atoms with van der Waals surface area (Å²) in [6.07, 6.45) is 0. The zero-order valence-electron chi connectivity index (χ0n) is 9.91. The third-order valence-corrected chi connectivity index (χ3v) is 3.10. The van der Waals surface area contributed by atoms with E-state index in [1.54, 1.807) is 18.2 Å². The predicted octanol–water partition coefficient (Wildman–Crippen LogP) is 4.55. The van der Waals surface area contributed by atoms with Gasteiger partial charge < -0.3 is 10.5 Å². The van der Waals surface area contributed by atoms with Crippen molar-refractivity contribution >= 4 is 23.2 Å². The molecule has 2 aromatic rings. The van der Waals surface area contributed by atoms with Crippen molar-refractivity contribution in [2.45, 2.75) is 13.5 Å². The average Bonchev–Trinajstić information content (AvgIpc) is 2.36. The highest BCUT2D eigenvalue weighted by Crippen LogP contribution is 2.33. The molecule has 0 fully saturated rings. The summed E-state index contributed by atoms with van der Waals surface area (Å²) in [7, 11) is 0. The lowest BCUT2D eigenvalue weighted by Gasteiger charge is -2.12. The molecular formula is C14H13Cl2NO. The summed E-state index contributed by atoms with van der Waals surface area (Å²) in [5.41, 5.74) is 7.78. The van der Waals surface area contributed by atoms with Gasteiger partial charge in [0.25, 0.3) is 0 Å². The van der Waals surface area contributed by atoms with Gasteiger partial charge in [0.15, 0.2) is 0 Å². The molecule has 0 aliphatic rings. The zero-order valence-corrected chi connectivity index (χ0v) is 11.4. The summed E-state index contributed by atoms with van der Waals surface area (Å²) in [6.45, 7) is 2.42. The van der Waals surface area contributed by atoms with Crippen molar-refractivity contribution in [3.8, 4) is 11.5 Å². The SMILES string of the molecule is Cc1ccc(Oc2cc(Cl)ccc2Cl)c(CN)c1. The van der Waals surface area contributed by atoms with E-state index < -0.39 is 0 Å². The third-order valence-electron chi connectivity index (χ3n) is 2.55. The van der Waals surface area contributed by atoms with Gasteiger partial charge in [0.1, 0.15) is 11.5 Å². The molecule has 0 radical (unpaired) electrons. The van der Waals surface area contributed by atoms with E-state index in [1.807, 2.05) is 25.1 Å². The van der Waals surface area contributed by atoms with Crippen LogP contribution in [0, 0.1) is 6.92 Å². The minimum absolute atomic E-state index is 0.412. The molecule has 0 aliphatic carbocycles. The first kappa shape index (κ1) is 13.2. The zero-order chi connectivity index (χ0) is 13.1. The maximum Gasteiger partial charge on any atom is 0.147 e. The van der Waals surface area contributed by atoms with Gasteiger partial charge in [0, 0.05) is 23.2 Å². The minimum atomic E-state index is 0.412. The Hall–Kier alpha value is -1.22. The lowest BCUT2D eigenvalue weighted by molar-refractivity contribution is 0.476. The van der Waals surface area contributed by atoms with E-state index in [4.69, 9.17) is 33.7 Å². The van der Waals surface area contributed by atoms with Crippen molar-refractivity contribution in [2.75, 3.05) is 0 Å². The first-order valence-corrected chi connectivity index (χ1v) is 6.28. The Morgan fingerprint density at radius 1 is 1.06 bits per heavy atom. The van der Waals surface area contributed by atoms with Crippen LogP contribution in [0.2, 0.25) is 10.0 Å². The molecule has 0 aliphatic heterocycles. The molecule has 18 heavy (non-hydrogen) atoms. The second-order valence-electron chi connectivity index (χ2n) is 3.99. The molecular weight excluding hydrogens is 269 g/mol. The molecule has 0 atom stereocenters. The van der Waals surface area contributed by atoms with Gasteiger partial charge in [0.05, 0.1) is 5.02 Å². The predicted molar refractivity (Wildman–Crippen MR) is 75.6 cm³/mol. The summed E-state index contributed by atoms with van der Waals surface area (Å²) in [5, 5.41) is 1.10. The molecule has 0 saturated heterocycles. The highest BCUT2D eigenvalue weighted by Gasteiger charge is 2.07. The summed E-state index contributed by atoms with van der Waals surface area (Å²) < 4.78 is 5.77. The van der Waals surface area contributed by atoms with Crippen molar-refractivity contribution in [3.05, 3.63) is 57.6 Å². The van der Waals surface area contributed by atoms with Crippen molar-refractivity contribution in [3.63, 3.8) is 0 Å². The standard InChI is InChI=1S/C14H13Cl2NO/c1-9-2-5-13(10(6-9)8-17)18-14-7-11(15)3-4-12(14)16/h2-7H,8,17H2,1H3. The quantitative estimate of drug-likeness (QED) is 0.896. The maximum atomic E-state index is 6.06. The Morgan fingerprint density at radius 2 is 1.83 bits per heavy atom. The van der Waals surface area contributed by atoms with Crippen molar-refractivity contribution in [1.82, 2.24) is 0 Å². The van der Waals surface area contributed by atoms with Gasteiger partial charge in [0.2, 0.25) is 0 Å². The molecule has 4 heteroatoms. The van der Waals surface area contributed by atoms with Crippen LogP contribution < -0.4 is 10.5 Å². The largest absolute Gasteiger partial charge is 0.455 e. The van der Waals surface area contributed by atoms with Crippen LogP contribution in [-0.4, -0.2) is 0 Å². The lowest BCUT2D eigenvalue weighted by atomic mass is 10.1. The average molecular weight is 282 g/mol. The highest BCUT2D eigenvalue weighted by atomic mass is 35.5. The Labute approximate surface area is 116 Å². The van der Waals surface area contributed by atoms with E-state index in [9.17, 15) is 0 Å². The van der Waals surface area contributed by atoms with E-state index in [1.165, 1.54) is 0 Å². The van der Waals surface area contributed by atoms with Gasteiger partial charge in [-0.15, -0.1) is 0 Å². The van der Waals surface area contributed by atoms with E-state index in [-0.39, 0.29) is 0 Å². The van der Waals surface area contributed by atoms with Crippen LogP contribution in [0.5, 0.6) is 11.5 Å². The van der Waals surface area contributed by atoms with Crippen LogP contribution in [0.4, 0.5) is 0 Å². The number of ether oxygens (including phenoxy) is 1. The molecule has 2 N–H and O–H groups in total. The number of nitrogens with two attached hydrogens (primary N) is 1. The van der Waals surface area contributed by atoms with Gasteiger partial charge in [-0.25, -0.2) is 0 Å². The molecule has 0 amide bonds. The number of benzene rings is 2. The van der Waals surface area contributed by atoms with Crippen LogP contribution in [0.25, 0.3) is 0 Å². The van der Waals surface area contributed by atoms with Gasteiger partial charge in [-0.3, -0.25) is 0 Å². The Balaban J connectivity index is 2.36. The van der Waals surface area contributed by atoms with Crippen LogP contribution in [0.15, 0.2) is 36.4 Å². The minimum Gasteiger partial charge on any atom is -0.455 e. The maximum absolute atomic E-state index is 6.06. The second kappa shape index (κ2) is 5.61. The normalized spacial score (nSPS) is 10.4. The smallest absolute Gasteiger partial charge is 0.147 e. The molecule has 94 valence electrons. The first-order chi connectivity index (χ1) is 8.60. The van der Waals surface area contributed by atoms with Gasteiger partial charge in [-0.2, -0.15) is 0 Å². The summed E-state index contributed by atoms with van der Waals surface area (Å²) in [5.74, 6) is 1.23. The van der Waals surface area contributed by atoms with Gasteiger partial charge >= 0.3 is 0 Å². The molecule has 0 bridgehead atoms. The summed E-state index contributed by atoms with van der Waals surface area (Å²) in [6, 6.07) is 10.9. The summed E-state index contributed by atoms with van der Waals surface area (Å²) >= 11 is 12.0. The molecule has 0 aromatic heterocycles.